The number of hydrogen-bond donors (Lipinski definition) is 1. The number of nitrogens with zero attached hydrogens (tertiary/aromatic N) is 1. The van der Waals surface area contributed by atoms with Crippen molar-refractivity contribution in [3.05, 3.63) is 35.4 Å². The molecule has 0 aliphatic carbocycles. The Bertz CT molecular complexity index is 488. The average molecular weight is 293 g/mol. The first-order valence-corrected chi connectivity index (χ1v) is 6.86. The lowest BCUT2D eigenvalue weighted by Gasteiger charge is -2.22. The highest BCUT2D eigenvalue weighted by atomic mass is 16.5. The van der Waals surface area contributed by atoms with Gasteiger partial charge in [-0.3, -0.25) is 9.59 Å². The van der Waals surface area contributed by atoms with Gasteiger partial charge in [-0.2, -0.15) is 0 Å². The van der Waals surface area contributed by atoms with E-state index in [1.54, 1.807) is 12.1 Å². The summed E-state index contributed by atoms with van der Waals surface area (Å²) < 4.78 is 4.92. The summed E-state index contributed by atoms with van der Waals surface area (Å²) in [5, 5.41) is 8.90. The number of methoxy groups -OCH3 is 1. The molecule has 0 atom stereocenters. The van der Waals surface area contributed by atoms with Gasteiger partial charge in [-0.15, -0.1) is 0 Å². The first-order chi connectivity index (χ1) is 9.75. The number of rotatable bonds is 6. The summed E-state index contributed by atoms with van der Waals surface area (Å²) in [6, 6.07) is 7.29. The molecular formula is C16H23NO4. The number of hydrogen-bond acceptors (Lipinski definition) is 3. The highest BCUT2D eigenvalue weighted by Crippen LogP contribution is 2.22. The Balaban J connectivity index is 2.90. The Kier molecular flexibility index (Phi) is 5.90. The molecule has 0 radical (unpaired) electrons. The Labute approximate surface area is 125 Å². The number of ether oxygens (including phenoxy) is 1. The van der Waals surface area contributed by atoms with E-state index in [2.05, 4.69) is 20.8 Å². The quantitative estimate of drug-likeness (QED) is 0.872. The fourth-order valence-corrected chi connectivity index (χ4v) is 1.91. The number of carboxylic acid groups (broad SMARTS) is 1. The van der Waals surface area contributed by atoms with Crippen LogP contribution in [0.4, 0.5) is 0 Å². The first-order valence-electron chi connectivity index (χ1n) is 6.86. The lowest BCUT2D eigenvalue weighted by molar-refractivity contribution is -0.137. The van der Waals surface area contributed by atoms with Gasteiger partial charge < -0.3 is 14.7 Å². The van der Waals surface area contributed by atoms with Gasteiger partial charge in [0.25, 0.3) is 5.91 Å². The van der Waals surface area contributed by atoms with Crippen LogP contribution in [-0.4, -0.2) is 48.7 Å². The van der Waals surface area contributed by atoms with Crippen LogP contribution in [0.15, 0.2) is 24.3 Å². The van der Waals surface area contributed by atoms with Crippen molar-refractivity contribution in [1.29, 1.82) is 0 Å². The van der Waals surface area contributed by atoms with E-state index < -0.39 is 5.97 Å². The van der Waals surface area contributed by atoms with E-state index in [4.69, 9.17) is 9.84 Å². The second-order valence-electron chi connectivity index (χ2n) is 5.94. The van der Waals surface area contributed by atoms with E-state index in [0.717, 1.165) is 5.56 Å². The predicted molar refractivity (Wildman–Crippen MR) is 80.6 cm³/mol. The van der Waals surface area contributed by atoms with E-state index >= 15 is 0 Å². The molecule has 5 nitrogen and oxygen atoms in total. The molecule has 0 spiro atoms. The minimum atomic E-state index is -1.04. The molecule has 0 heterocycles. The lowest BCUT2D eigenvalue weighted by Crippen LogP contribution is -2.38. The van der Waals surface area contributed by atoms with E-state index in [0.29, 0.717) is 12.2 Å². The first kappa shape index (κ1) is 17.2. The van der Waals surface area contributed by atoms with Crippen molar-refractivity contribution in [3.63, 3.8) is 0 Å². The van der Waals surface area contributed by atoms with E-state index in [9.17, 15) is 9.59 Å². The summed E-state index contributed by atoms with van der Waals surface area (Å²) in [5.41, 5.74) is 1.62. The van der Waals surface area contributed by atoms with Gasteiger partial charge in [-0.1, -0.05) is 32.9 Å². The van der Waals surface area contributed by atoms with E-state index in [1.807, 2.05) is 12.1 Å². The minimum absolute atomic E-state index is 0.0123. The Morgan fingerprint density at radius 1 is 1.19 bits per heavy atom. The molecule has 1 aromatic carbocycles. The third kappa shape index (κ3) is 5.19. The van der Waals surface area contributed by atoms with Crippen LogP contribution in [0.1, 0.15) is 36.7 Å². The monoisotopic (exact) mass is 293 g/mol. The Hall–Kier alpha value is -1.88. The van der Waals surface area contributed by atoms with Crippen LogP contribution in [0, 0.1) is 0 Å². The molecule has 1 N–H and O–H groups in total. The average Bonchev–Trinajstić information content (AvgIpc) is 2.41. The fourth-order valence-electron chi connectivity index (χ4n) is 1.91. The zero-order valence-electron chi connectivity index (χ0n) is 13.0. The number of carbonyl (C=O) groups is 2. The summed E-state index contributed by atoms with van der Waals surface area (Å²) in [5.74, 6) is -1.33. The van der Waals surface area contributed by atoms with Crippen molar-refractivity contribution in [2.45, 2.75) is 26.2 Å². The summed E-state index contributed by atoms with van der Waals surface area (Å²) in [7, 11) is 1.52. The molecule has 5 heteroatoms. The van der Waals surface area contributed by atoms with Crippen LogP contribution in [0.5, 0.6) is 0 Å². The maximum atomic E-state index is 12.4. The largest absolute Gasteiger partial charge is 0.480 e. The molecule has 21 heavy (non-hydrogen) atoms. The van der Waals surface area contributed by atoms with Crippen LogP contribution in [-0.2, 0) is 14.9 Å². The molecule has 1 rings (SSSR count). The second-order valence-corrected chi connectivity index (χ2v) is 5.94. The van der Waals surface area contributed by atoms with Gasteiger partial charge in [-0.25, -0.2) is 0 Å². The van der Waals surface area contributed by atoms with E-state index in [1.165, 1.54) is 12.0 Å². The summed E-state index contributed by atoms with van der Waals surface area (Å²) in [6.07, 6.45) is 0. The number of amides is 1. The van der Waals surface area contributed by atoms with E-state index in [-0.39, 0.29) is 24.4 Å². The zero-order chi connectivity index (χ0) is 16.0. The fraction of sp³-hybridized carbons (Fsp3) is 0.500. The molecule has 0 fully saturated rings. The van der Waals surface area contributed by atoms with Crippen LogP contribution >= 0.6 is 0 Å². The van der Waals surface area contributed by atoms with Gasteiger partial charge in [0.05, 0.1) is 6.61 Å². The van der Waals surface area contributed by atoms with Crippen molar-refractivity contribution in [2.24, 2.45) is 0 Å². The second kappa shape index (κ2) is 7.22. The third-order valence-electron chi connectivity index (χ3n) is 3.18. The predicted octanol–water partition coefficient (Wildman–Crippen LogP) is 2.16. The smallest absolute Gasteiger partial charge is 0.323 e. The molecule has 0 unspecified atom stereocenters. The maximum Gasteiger partial charge on any atom is 0.323 e. The van der Waals surface area contributed by atoms with Gasteiger partial charge in [0, 0.05) is 19.2 Å². The molecule has 0 aliphatic rings. The Morgan fingerprint density at radius 3 is 2.19 bits per heavy atom. The van der Waals surface area contributed by atoms with Gasteiger partial charge in [0.2, 0.25) is 0 Å². The molecule has 116 valence electrons. The van der Waals surface area contributed by atoms with Crippen LogP contribution < -0.4 is 0 Å². The molecule has 0 aliphatic heterocycles. The number of aliphatic carboxylic acids is 1. The number of carboxylic acids is 1. The molecule has 0 aromatic heterocycles. The van der Waals surface area contributed by atoms with Gasteiger partial charge >= 0.3 is 5.97 Å². The van der Waals surface area contributed by atoms with Crippen molar-refractivity contribution in [3.8, 4) is 0 Å². The van der Waals surface area contributed by atoms with Gasteiger partial charge in [-0.05, 0) is 23.1 Å². The lowest BCUT2D eigenvalue weighted by atomic mass is 9.86. The van der Waals surface area contributed by atoms with Gasteiger partial charge in [0.15, 0.2) is 0 Å². The Morgan fingerprint density at radius 2 is 1.76 bits per heavy atom. The normalized spacial score (nSPS) is 11.2. The molecule has 1 aromatic rings. The van der Waals surface area contributed by atoms with Crippen LogP contribution in [0.25, 0.3) is 0 Å². The molecule has 1 amide bonds. The van der Waals surface area contributed by atoms with Crippen LogP contribution in [0.3, 0.4) is 0 Å². The van der Waals surface area contributed by atoms with Crippen molar-refractivity contribution >= 4 is 11.9 Å². The topological polar surface area (TPSA) is 66.8 Å². The molecule has 0 saturated heterocycles. The van der Waals surface area contributed by atoms with Crippen LogP contribution in [0.2, 0.25) is 0 Å². The number of carbonyl (C=O) groups excluding carboxylic acids is 1. The summed E-state index contributed by atoms with van der Waals surface area (Å²) >= 11 is 0. The van der Waals surface area contributed by atoms with Crippen molar-refractivity contribution in [2.75, 3.05) is 26.8 Å². The standard InChI is InChI=1S/C16H23NO4/c1-16(2,3)13-7-5-12(6-8-13)15(20)17(9-10-21-4)11-14(18)19/h5-8H,9-11H2,1-4H3,(H,18,19). The summed E-state index contributed by atoms with van der Waals surface area (Å²) in [6.45, 7) is 6.52. The molecule has 0 bridgehead atoms. The molecule has 0 saturated carbocycles. The van der Waals surface area contributed by atoms with Crippen molar-refractivity contribution in [1.82, 2.24) is 4.90 Å². The number of benzene rings is 1. The third-order valence-corrected chi connectivity index (χ3v) is 3.18. The SMILES string of the molecule is COCCN(CC(=O)O)C(=O)c1ccc(C(C)(C)C)cc1. The molecular weight excluding hydrogens is 270 g/mol. The van der Waals surface area contributed by atoms with Gasteiger partial charge in [0.1, 0.15) is 6.54 Å². The highest BCUT2D eigenvalue weighted by Gasteiger charge is 2.19. The van der Waals surface area contributed by atoms with Crippen molar-refractivity contribution < 1.29 is 19.4 Å². The minimum Gasteiger partial charge on any atom is -0.480 e. The highest BCUT2D eigenvalue weighted by molar-refractivity contribution is 5.95. The zero-order valence-corrected chi connectivity index (χ0v) is 13.0. The maximum absolute atomic E-state index is 12.4. The summed E-state index contributed by atoms with van der Waals surface area (Å²) in [4.78, 5) is 24.5.